The third-order valence-electron chi connectivity index (χ3n) is 3.89. The second-order valence-corrected chi connectivity index (χ2v) is 5.11. The van der Waals surface area contributed by atoms with Gasteiger partial charge in [-0.15, -0.1) is 0 Å². The Hall–Kier alpha value is -2.40. The summed E-state index contributed by atoms with van der Waals surface area (Å²) in [6.45, 7) is 4.10. The summed E-state index contributed by atoms with van der Waals surface area (Å²) in [6, 6.07) is 12.8. The van der Waals surface area contributed by atoms with E-state index in [2.05, 4.69) is 18.7 Å². The monoisotopic (exact) mass is 263 g/mol. The highest BCUT2D eigenvalue weighted by Gasteiger charge is 2.19. The normalized spacial score (nSPS) is 13.1. The molecule has 0 saturated heterocycles. The van der Waals surface area contributed by atoms with Crippen LogP contribution in [0.1, 0.15) is 34.2 Å². The van der Waals surface area contributed by atoms with E-state index in [4.69, 9.17) is 5.26 Å². The number of allylic oxidation sites excluding steroid dienone is 1. The van der Waals surface area contributed by atoms with Crippen molar-refractivity contribution in [2.24, 2.45) is 0 Å². The van der Waals surface area contributed by atoms with Gasteiger partial charge in [0.2, 0.25) is 0 Å². The van der Waals surface area contributed by atoms with Crippen LogP contribution in [0, 0.1) is 17.1 Å². The molecule has 0 spiro atoms. The molecule has 0 amide bonds. The van der Waals surface area contributed by atoms with Crippen molar-refractivity contribution in [1.82, 2.24) is 0 Å². The van der Waals surface area contributed by atoms with Crippen molar-refractivity contribution in [3.8, 4) is 6.07 Å². The number of nitrogens with zero attached hydrogens (tertiary/aromatic N) is 1. The van der Waals surface area contributed by atoms with Gasteiger partial charge in [-0.05, 0) is 47.2 Å². The Morgan fingerprint density at radius 3 is 2.75 bits per heavy atom. The lowest BCUT2D eigenvalue weighted by molar-refractivity contribution is 0.613. The van der Waals surface area contributed by atoms with Crippen molar-refractivity contribution in [2.75, 3.05) is 0 Å². The summed E-state index contributed by atoms with van der Waals surface area (Å²) in [4.78, 5) is 0. The Morgan fingerprint density at radius 2 is 1.95 bits per heavy atom. The molecule has 0 unspecified atom stereocenters. The SMILES string of the molecule is C=C1CCc2cccc(Cc3c(F)cccc3C#N)c21. The van der Waals surface area contributed by atoms with Crippen molar-refractivity contribution >= 4 is 5.57 Å². The molecule has 1 aliphatic carbocycles. The summed E-state index contributed by atoms with van der Waals surface area (Å²) in [6.07, 6.45) is 2.41. The minimum Gasteiger partial charge on any atom is -0.207 e. The van der Waals surface area contributed by atoms with Crippen LogP contribution in [-0.2, 0) is 12.8 Å². The van der Waals surface area contributed by atoms with Crippen molar-refractivity contribution < 1.29 is 4.39 Å². The number of nitriles is 1. The second-order valence-electron chi connectivity index (χ2n) is 5.11. The number of hydrogen-bond acceptors (Lipinski definition) is 1. The predicted molar refractivity (Wildman–Crippen MR) is 77.7 cm³/mol. The van der Waals surface area contributed by atoms with Crippen LogP contribution < -0.4 is 0 Å². The van der Waals surface area contributed by atoms with Crippen LogP contribution in [0.25, 0.3) is 5.57 Å². The molecule has 0 heterocycles. The first-order valence-electron chi connectivity index (χ1n) is 6.67. The Kier molecular flexibility index (Phi) is 3.12. The van der Waals surface area contributed by atoms with Crippen LogP contribution in [-0.4, -0.2) is 0 Å². The quantitative estimate of drug-likeness (QED) is 0.794. The minimum absolute atomic E-state index is 0.315. The maximum Gasteiger partial charge on any atom is 0.128 e. The number of hydrogen-bond donors (Lipinski definition) is 0. The van der Waals surface area contributed by atoms with E-state index in [0.717, 1.165) is 24.0 Å². The number of rotatable bonds is 2. The molecule has 0 saturated carbocycles. The molecule has 0 aliphatic heterocycles. The Labute approximate surface area is 118 Å². The Morgan fingerprint density at radius 1 is 1.15 bits per heavy atom. The number of benzene rings is 2. The van der Waals surface area contributed by atoms with Crippen LogP contribution in [0.5, 0.6) is 0 Å². The topological polar surface area (TPSA) is 23.8 Å². The lowest BCUT2D eigenvalue weighted by atomic mass is 9.93. The van der Waals surface area contributed by atoms with Gasteiger partial charge in [-0.25, -0.2) is 4.39 Å². The van der Waals surface area contributed by atoms with Gasteiger partial charge >= 0.3 is 0 Å². The molecule has 3 rings (SSSR count). The minimum atomic E-state index is -0.315. The zero-order valence-corrected chi connectivity index (χ0v) is 11.1. The zero-order valence-electron chi connectivity index (χ0n) is 11.1. The Bertz CT molecular complexity index is 738. The number of fused-ring (bicyclic) bond motifs is 1. The first-order chi connectivity index (χ1) is 9.70. The molecule has 0 fully saturated rings. The Balaban J connectivity index is 2.08. The van der Waals surface area contributed by atoms with Gasteiger partial charge in [0.1, 0.15) is 5.82 Å². The highest BCUT2D eigenvalue weighted by molar-refractivity contribution is 5.73. The van der Waals surface area contributed by atoms with Crippen LogP contribution in [0.2, 0.25) is 0 Å². The van der Waals surface area contributed by atoms with Gasteiger partial charge in [0, 0.05) is 12.0 Å². The van der Waals surface area contributed by atoms with Gasteiger partial charge in [-0.1, -0.05) is 30.8 Å². The highest BCUT2D eigenvalue weighted by atomic mass is 19.1. The summed E-state index contributed by atoms with van der Waals surface area (Å²) in [5.74, 6) is -0.315. The van der Waals surface area contributed by atoms with Gasteiger partial charge in [0.15, 0.2) is 0 Å². The summed E-state index contributed by atoms with van der Waals surface area (Å²) < 4.78 is 14.0. The zero-order chi connectivity index (χ0) is 14.1. The molecular weight excluding hydrogens is 249 g/mol. The molecule has 0 atom stereocenters. The standard InChI is InChI=1S/C18H14FN/c1-12-8-9-13-4-2-5-14(18(12)13)10-16-15(11-20)6-3-7-17(16)19/h2-7H,1,8-10H2. The highest BCUT2D eigenvalue weighted by Crippen LogP contribution is 2.35. The molecule has 0 aromatic heterocycles. The molecule has 2 heteroatoms. The number of halogens is 1. The van der Waals surface area contributed by atoms with Crippen LogP contribution >= 0.6 is 0 Å². The average Bonchev–Trinajstić information content (AvgIpc) is 2.84. The van der Waals surface area contributed by atoms with Gasteiger partial charge in [-0.2, -0.15) is 5.26 Å². The molecule has 1 aliphatic rings. The maximum atomic E-state index is 14.0. The molecular formula is C18H14FN. The summed E-state index contributed by atoms with van der Waals surface area (Å²) in [7, 11) is 0. The van der Waals surface area contributed by atoms with Crippen LogP contribution in [0.15, 0.2) is 43.0 Å². The van der Waals surface area contributed by atoms with E-state index >= 15 is 0 Å². The fraction of sp³-hybridized carbons (Fsp3) is 0.167. The van der Waals surface area contributed by atoms with Crippen LogP contribution in [0.3, 0.4) is 0 Å². The largest absolute Gasteiger partial charge is 0.207 e. The van der Waals surface area contributed by atoms with Crippen molar-refractivity contribution in [1.29, 1.82) is 5.26 Å². The molecule has 1 nitrogen and oxygen atoms in total. The second kappa shape index (κ2) is 4.94. The third-order valence-corrected chi connectivity index (χ3v) is 3.89. The van der Waals surface area contributed by atoms with E-state index in [1.165, 1.54) is 17.2 Å². The lowest BCUT2D eigenvalue weighted by Gasteiger charge is -2.11. The van der Waals surface area contributed by atoms with E-state index in [9.17, 15) is 4.39 Å². The molecule has 98 valence electrons. The van der Waals surface area contributed by atoms with Gasteiger partial charge in [-0.3, -0.25) is 0 Å². The lowest BCUT2D eigenvalue weighted by Crippen LogP contribution is -2.00. The summed E-state index contributed by atoms with van der Waals surface area (Å²) in [5, 5.41) is 9.13. The first kappa shape index (κ1) is 12.6. The molecule has 20 heavy (non-hydrogen) atoms. The molecule has 0 radical (unpaired) electrons. The molecule has 2 aromatic rings. The molecule has 0 bridgehead atoms. The van der Waals surface area contributed by atoms with E-state index in [0.29, 0.717) is 17.5 Å². The van der Waals surface area contributed by atoms with E-state index in [1.807, 2.05) is 12.1 Å². The van der Waals surface area contributed by atoms with Gasteiger partial charge in [0.05, 0.1) is 11.6 Å². The van der Waals surface area contributed by atoms with Crippen molar-refractivity contribution in [3.63, 3.8) is 0 Å². The smallest absolute Gasteiger partial charge is 0.128 e. The molecule has 0 N–H and O–H groups in total. The summed E-state index contributed by atoms with van der Waals surface area (Å²) >= 11 is 0. The first-order valence-corrected chi connectivity index (χ1v) is 6.67. The van der Waals surface area contributed by atoms with Gasteiger partial charge < -0.3 is 0 Å². The number of aryl methyl sites for hydroxylation is 1. The fourth-order valence-corrected chi connectivity index (χ4v) is 2.91. The van der Waals surface area contributed by atoms with Crippen molar-refractivity contribution in [3.05, 3.63) is 76.6 Å². The fourth-order valence-electron chi connectivity index (χ4n) is 2.91. The maximum absolute atomic E-state index is 14.0. The van der Waals surface area contributed by atoms with Crippen molar-refractivity contribution in [2.45, 2.75) is 19.3 Å². The molecule has 2 aromatic carbocycles. The third kappa shape index (κ3) is 2.02. The van der Waals surface area contributed by atoms with E-state index in [1.54, 1.807) is 12.1 Å². The summed E-state index contributed by atoms with van der Waals surface area (Å²) in [5.41, 5.74) is 5.51. The van der Waals surface area contributed by atoms with E-state index < -0.39 is 0 Å². The van der Waals surface area contributed by atoms with E-state index in [-0.39, 0.29) is 5.82 Å². The predicted octanol–water partition coefficient (Wildman–Crippen LogP) is 4.25. The average molecular weight is 263 g/mol. The van der Waals surface area contributed by atoms with Gasteiger partial charge in [0.25, 0.3) is 0 Å². The van der Waals surface area contributed by atoms with Crippen LogP contribution in [0.4, 0.5) is 4.39 Å².